The van der Waals surface area contributed by atoms with Crippen molar-refractivity contribution in [3.63, 3.8) is 0 Å². The van der Waals surface area contributed by atoms with Gasteiger partial charge >= 0.3 is 0 Å². The van der Waals surface area contributed by atoms with Crippen molar-refractivity contribution >= 4 is 11.7 Å². The minimum atomic E-state index is 0.117. The first kappa shape index (κ1) is 16.8. The van der Waals surface area contributed by atoms with Crippen molar-refractivity contribution in [3.05, 3.63) is 42.7 Å². The Kier molecular flexibility index (Phi) is 5.00. The standard InChI is InChI=1S/C20H24N4O2/c25-20(21-13-15-6-7-15)16-8-10-24(11-9-16)18-12-19(23-14-22-18)26-17-4-2-1-3-5-17/h1-5,12,14-16H,6-11,13H2,(H,21,25). The molecule has 1 saturated carbocycles. The zero-order chi connectivity index (χ0) is 17.8. The summed E-state index contributed by atoms with van der Waals surface area (Å²) in [5.74, 6) is 3.19. The molecule has 1 N–H and O–H groups in total. The van der Waals surface area contributed by atoms with E-state index in [1.165, 1.54) is 19.2 Å². The van der Waals surface area contributed by atoms with E-state index in [2.05, 4.69) is 20.2 Å². The fourth-order valence-electron chi connectivity index (χ4n) is 3.25. The van der Waals surface area contributed by atoms with Crippen LogP contribution >= 0.6 is 0 Å². The lowest BCUT2D eigenvalue weighted by molar-refractivity contribution is -0.125. The number of carbonyl (C=O) groups excluding carboxylic acids is 1. The molecule has 0 atom stereocenters. The largest absolute Gasteiger partial charge is 0.439 e. The molecule has 26 heavy (non-hydrogen) atoms. The maximum atomic E-state index is 12.3. The van der Waals surface area contributed by atoms with Crippen LogP contribution in [0, 0.1) is 11.8 Å². The highest BCUT2D eigenvalue weighted by Gasteiger charge is 2.28. The molecule has 0 unspecified atom stereocenters. The first-order valence-electron chi connectivity index (χ1n) is 9.35. The summed E-state index contributed by atoms with van der Waals surface area (Å²) in [6.07, 6.45) is 5.77. The molecule has 2 fully saturated rings. The van der Waals surface area contributed by atoms with Crippen molar-refractivity contribution in [1.82, 2.24) is 15.3 Å². The van der Waals surface area contributed by atoms with E-state index in [-0.39, 0.29) is 11.8 Å². The second-order valence-corrected chi connectivity index (χ2v) is 7.08. The van der Waals surface area contributed by atoms with E-state index in [0.717, 1.165) is 50.0 Å². The molecule has 1 aromatic carbocycles. The summed E-state index contributed by atoms with van der Waals surface area (Å²) >= 11 is 0. The van der Waals surface area contributed by atoms with Crippen molar-refractivity contribution in [2.75, 3.05) is 24.5 Å². The third-order valence-corrected chi connectivity index (χ3v) is 5.04. The van der Waals surface area contributed by atoms with Gasteiger partial charge in [-0.15, -0.1) is 0 Å². The van der Waals surface area contributed by atoms with Crippen LogP contribution in [0.2, 0.25) is 0 Å². The summed E-state index contributed by atoms with van der Waals surface area (Å²) in [6, 6.07) is 11.5. The Labute approximate surface area is 153 Å². The molecule has 2 aromatic rings. The van der Waals surface area contributed by atoms with Crippen LogP contribution in [0.1, 0.15) is 25.7 Å². The Hall–Kier alpha value is -2.63. The highest BCUT2D eigenvalue weighted by Crippen LogP contribution is 2.28. The molecule has 1 aromatic heterocycles. The summed E-state index contributed by atoms with van der Waals surface area (Å²) in [5.41, 5.74) is 0. The third-order valence-electron chi connectivity index (χ3n) is 5.04. The average molecular weight is 352 g/mol. The molecule has 0 radical (unpaired) electrons. The molecule has 0 bridgehead atoms. The highest BCUT2D eigenvalue weighted by molar-refractivity contribution is 5.79. The number of para-hydroxylation sites is 1. The van der Waals surface area contributed by atoms with Crippen LogP contribution in [0.25, 0.3) is 0 Å². The monoisotopic (exact) mass is 352 g/mol. The summed E-state index contributed by atoms with van der Waals surface area (Å²) in [7, 11) is 0. The van der Waals surface area contributed by atoms with Gasteiger partial charge in [0.25, 0.3) is 0 Å². The summed E-state index contributed by atoms with van der Waals surface area (Å²) in [5, 5.41) is 3.10. The lowest BCUT2D eigenvalue weighted by Gasteiger charge is -2.32. The quantitative estimate of drug-likeness (QED) is 0.866. The number of piperidine rings is 1. The van der Waals surface area contributed by atoms with E-state index < -0.39 is 0 Å². The van der Waals surface area contributed by atoms with Gasteiger partial charge in [0.05, 0.1) is 0 Å². The lowest BCUT2D eigenvalue weighted by Crippen LogP contribution is -2.41. The van der Waals surface area contributed by atoms with E-state index in [9.17, 15) is 4.79 Å². The molecular formula is C20H24N4O2. The zero-order valence-corrected chi connectivity index (χ0v) is 14.8. The Bertz CT molecular complexity index is 740. The van der Waals surface area contributed by atoms with E-state index >= 15 is 0 Å². The summed E-state index contributed by atoms with van der Waals surface area (Å²) in [4.78, 5) is 23.0. The number of aromatic nitrogens is 2. The fourth-order valence-corrected chi connectivity index (χ4v) is 3.25. The van der Waals surface area contributed by atoms with Gasteiger partial charge in [0, 0.05) is 31.6 Å². The molecule has 1 aliphatic carbocycles. The number of amides is 1. The molecule has 1 amide bonds. The Balaban J connectivity index is 1.32. The second-order valence-electron chi connectivity index (χ2n) is 7.08. The number of nitrogens with one attached hydrogen (secondary N) is 1. The predicted molar refractivity (Wildman–Crippen MR) is 99.2 cm³/mol. The number of ether oxygens (including phenoxy) is 1. The van der Waals surface area contributed by atoms with Crippen LogP contribution in [0.3, 0.4) is 0 Å². The molecular weight excluding hydrogens is 328 g/mol. The molecule has 2 heterocycles. The van der Waals surface area contributed by atoms with Gasteiger partial charge in [-0.05, 0) is 43.7 Å². The van der Waals surface area contributed by atoms with Gasteiger partial charge in [-0.3, -0.25) is 4.79 Å². The van der Waals surface area contributed by atoms with Gasteiger partial charge in [-0.1, -0.05) is 18.2 Å². The summed E-state index contributed by atoms with van der Waals surface area (Å²) < 4.78 is 5.79. The highest BCUT2D eigenvalue weighted by atomic mass is 16.5. The SMILES string of the molecule is O=C(NCC1CC1)C1CCN(c2cc(Oc3ccccc3)ncn2)CC1. The van der Waals surface area contributed by atoms with Crippen LogP contribution in [0.4, 0.5) is 5.82 Å². The Morgan fingerprint density at radius 3 is 2.62 bits per heavy atom. The van der Waals surface area contributed by atoms with Crippen LogP contribution in [-0.2, 0) is 4.79 Å². The first-order chi connectivity index (χ1) is 12.8. The molecule has 4 rings (SSSR count). The van der Waals surface area contributed by atoms with E-state index in [0.29, 0.717) is 5.88 Å². The number of hydrogen-bond acceptors (Lipinski definition) is 5. The maximum absolute atomic E-state index is 12.3. The third kappa shape index (κ3) is 4.31. The predicted octanol–water partition coefficient (Wildman–Crippen LogP) is 3.01. The van der Waals surface area contributed by atoms with Crippen molar-refractivity contribution in [1.29, 1.82) is 0 Å². The van der Waals surface area contributed by atoms with Crippen molar-refractivity contribution in [3.8, 4) is 11.6 Å². The number of anilines is 1. The number of benzene rings is 1. The molecule has 1 saturated heterocycles. The number of hydrogen-bond donors (Lipinski definition) is 1. The minimum absolute atomic E-state index is 0.117. The van der Waals surface area contributed by atoms with E-state index in [4.69, 9.17) is 4.74 Å². The van der Waals surface area contributed by atoms with Crippen molar-refractivity contribution in [2.24, 2.45) is 11.8 Å². The number of rotatable bonds is 6. The first-order valence-corrected chi connectivity index (χ1v) is 9.35. The van der Waals surface area contributed by atoms with Gasteiger partial charge in [-0.2, -0.15) is 0 Å². The van der Waals surface area contributed by atoms with E-state index in [1.807, 2.05) is 36.4 Å². The van der Waals surface area contributed by atoms with Crippen LogP contribution in [0.5, 0.6) is 11.6 Å². The second kappa shape index (κ2) is 7.72. The lowest BCUT2D eigenvalue weighted by atomic mass is 9.96. The smallest absolute Gasteiger partial charge is 0.224 e. The molecule has 6 nitrogen and oxygen atoms in total. The van der Waals surface area contributed by atoms with Gasteiger partial charge < -0.3 is 15.0 Å². The zero-order valence-electron chi connectivity index (χ0n) is 14.8. The van der Waals surface area contributed by atoms with Gasteiger partial charge in [0.1, 0.15) is 17.9 Å². The molecule has 0 spiro atoms. The molecule has 1 aliphatic heterocycles. The normalized spacial score (nSPS) is 17.8. The molecule has 6 heteroatoms. The van der Waals surface area contributed by atoms with Crippen molar-refractivity contribution < 1.29 is 9.53 Å². The molecule has 136 valence electrons. The number of carbonyl (C=O) groups is 1. The Morgan fingerprint density at radius 1 is 1.12 bits per heavy atom. The van der Waals surface area contributed by atoms with Crippen LogP contribution in [0.15, 0.2) is 42.7 Å². The fraction of sp³-hybridized carbons (Fsp3) is 0.450. The maximum Gasteiger partial charge on any atom is 0.224 e. The van der Waals surface area contributed by atoms with E-state index in [1.54, 1.807) is 0 Å². The van der Waals surface area contributed by atoms with Crippen LogP contribution < -0.4 is 15.0 Å². The topological polar surface area (TPSA) is 67.4 Å². The molecule has 2 aliphatic rings. The average Bonchev–Trinajstić information content (AvgIpc) is 3.52. The van der Waals surface area contributed by atoms with Gasteiger partial charge in [0.15, 0.2) is 0 Å². The number of nitrogens with zero attached hydrogens (tertiary/aromatic N) is 3. The Morgan fingerprint density at radius 2 is 1.88 bits per heavy atom. The van der Waals surface area contributed by atoms with Gasteiger partial charge in [-0.25, -0.2) is 9.97 Å². The minimum Gasteiger partial charge on any atom is -0.439 e. The van der Waals surface area contributed by atoms with Gasteiger partial charge in [0.2, 0.25) is 11.8 Å². The summed E-state index contributed by atoms with van der Waals surface area (Å²) in [6.45, 7) is 2.50. The van der Waals surface area contributed by atoms with Crippen LogP contribution in [-0.4, -0.2) is 35.5 Å². The van der Waals surface area contributed by atoms with Crippen molar-refractivity contribution in [2.45, 2.75) is 25.7 Å².